The number of nitriles is 1. The maximum Gasteiger partial charge on any atom is 0.224 e. The van der Waals surface area contributed by atoms with Crippen LogP contribution >= 0.6 is 15.9 Å². The lowest BCUT2D eigenvalue weighted by Gasteiger charge is -2.24. The standard InChI is InChI=1S/C13H13BrN2O/c14-11-6-10(8-15)4-5-12(11)16-13(17)7-9-2-1-3-9/h4-6,9H,1-3,7H2,(H,16,17). The first kappa shape index (κ1) is 12.1. The van der Waals surface area contributed by atoms with Crippen molar-refractivity contribution in [3.63, 3.8) is 0 Å². The summed E-state index contributed by atoms with van der Waals surface area (Å²) in [6.45, 7) is 0. The van der Waals surface area contributed by atoms with Gasteiger partial charge in [0.25, 0.3) is 0 Å². The second kappa shape index (κ2) is 5.33. The number of benzene rings is 1. The zero-order valence-electron chi connectivity index (χ0n) is 9.37. The highest BCUT2D eigenvalue weighted by Gasteiger charge is 2.20. The Hall–Kier alpha value is -1.34. The van der Waals surface area contributed by atoms with Gasteiger partial charge in [-0.2, -0.15) is 5.26 Å². The third-order valence-electron chi connectivity index (χ3n) is 3.07. The summed E-state index contributed by atoms with van der Waals surface area (Å²) < 4.78 is 0.749. The molecule has 0 spiro atoms. The summed E-state index contributed by atoms with van der Waals surface area (Å²) in [5, 5.41) is 11.6. The molecule has 1 aromatic carbocycles. The Balaban J connectivity index is 1.98. The quantitative estimate of drug-likeness (QED) is 0.928. The minimum atomic E-state index is 0.0557. The predicted molar refractivity (Wildman–Crippen MR) is 69.4 cm³/mol. The van der Waals surface area contributed by atoms with Crippen LogP contribution < -0.4 is 5.32 Å². The van der Waals surface area contributed by atoms with Gasteiger partial charge in [-0.3, -0.25) is 4.79 Å². The molecular formula is C13H13BrN2O. The van der Waals surface area contributed by atoms with Crippen LogP contribution in [0.2, 0.25) is 0 Å². The SMILES string of the molecule is N#Cc1ccc(NC(=O)CC2CCC2)c(Br)c1. The smallest absolute Gasteiger partial charge is 0.224 e. The van der Waals surface area contributed by atoms with Crippen molar-refractivity contribution in [1.82, 2.24) is 0 Å². The van der Waals surface area contributed by atoms with Gasteiger partial charge in [0.1, 0.15) is 0 Å². The summed E-state index contributed by atoms with van der Waals surface area (Å²) in [7, 11) is 0. The van der Waals surface area contributed by atoms with Gasteiger partial charge in [-0.05, 0) is 52.9 Å². The molecule has 2 rings (SSSR count). The Morgan fingerprint density at radius 2 is 2.29 bits per heavy atom. The number of amides is 1. The third kappa shape index (κ3) is 3.07. The maximum absolute atomic E-state index is 11.7. The number of rotatable bonds is 3. The molecule has 1 aliphatic rings. The number of hydrogen-bond acceptors (Lipinski definition) is 2. The molecule has 1 saturated carbocycles. The zero-order chi connectivity index (χ0) is 12.3. The van der Waals surface area contributed by atoms with Crippen molar-refractivity contribution in [1.29, 1.82) is 5.26 Å². The molecule has 0 bridgehead atoms. The van der Waals surface area contributed by atoms with E-state index in [2.05, 4.69) is 27.3 Å². The van der Waals surface area contributed by atoms with Crippen LogP contribution in [0.4, 0.5) is 5.69 Å². The van der Waals surface area contributed by atoms with E-state index in [0.717, 1.165) is 10.2 Å². The minimum absolute atomic E-state index is 0.0557. The fourth-order valence-corrected chi connectivity index (χ4v) is 2.32. The van der Waals surface area contributed by atoms with Crippen LogP contribution in [0.25, 0.3) is 0 Å². The number of carbonyl (C=O) groups is 1. The summed E-state index contributed by atoms with van der Waals surface area (Å²) in [4.78, 5) is 11.7. The van der Waals surface area contributed by atoms with Crippen molar-refractivity contribution < 1.29 is 4.79 Å². The summed E-state index contributed by atoms with van der Waals surface area (Å²) >= 11 is 3.35. The molecule has 1 aromatic rings. The van der Waals surface area contributed by atoms with E-state index in [4.69, 9.17) is 5.26 Å². The van der Waals surface area contributed by atoms with Gasteiger partial charge in [0.2, 0.25) is 5.91 Å². The van der Waals surface area contributed by atoms with Crippen LogP contribution in [0.5, 0.6) is 0 Å². The van der Waals surface area contributed by atoms with Crippen molar-refractivity contribution >= 4 is 27.5 Å². The molecule has 4 heteroatoms. The topological polar surface area (TPSA) is 52.9 Å². The first-order valence-corrected chi connectivity index (χ1v) is 6.48. The molecule has 88 valence electrons. The number of carbonyl (C=O) groups excluding carboxylic acids is 1. The molecule has 0 saturated heterocycles. The predicted octanol–water partition coefficient (Wildman–Crippen LogP) is 3.45. The van der Waals surface area contributed by atoms with Crippen LogP contribution in [0, 0.1) is 17.2 Å². The second-order valence-corrected chi connectivity index (χ2v) is 5.21. The lowest BCUT2D eigenvalue weighted by molar-refractivity contribution is -0.117. The van der Waals surface area contributed by atoms with Crippen LogP contribution in [-0.4, -0.2) is 5.91 Å². The molecule has 0 radical (unpaired) electrons. The molecule has 1 amide bonds. The van der Waals surface area contributed by atoms with Gasteiger partial charge < -0.3 is 5.32 Å². The van der Waals surface area contributed by atoms with Crippen LogP contribution in [0.3, 0.4) is 0 Å². The molecule has 1 aliphatic carbocycles. The number of halogens is 1. The molecule has 17 heavy (non-hydrogen) atoms. The fraction of sp³-hybridized carbons (Fsp3) is 0.385. The van der Waals surface area contributed by atoms with E-state index in [-0.39, 0.29) is 5.91 Å². The fourth-order valence-electron chi connectivity index (χ4n) is 1.85. The summed E-state index contributed by atoms with van der Waals surface area (Å²) in [6.07, 6.45) is 4.19. The normalized spacial score (nSPS) is 14.8. The van der Waals surface area contributed by atoms with Crippen LogP contribution in [-0.2, 0) is 4.79 Å². The Kier molecular flexibility index (Phi) is 3.80. The minimum Gasteiger partial charge on any atom is -0.325 e. The number of hydrogen-bond donors (Lipinski definition) is 1. The average molecular weight is 293 g/mol. The first-order valence-electron chi connectivity index (χ1n) is 5.68. The van der Waals surface area contributed by atoms with E-state index in [9.17, 15) is 4.79 Å². The number of nitrogens with zero attached hydrogens (tertiary/aromatic N) is 1. The molecule has 0 aromatic heterocycles. The van der Waals surface area contributed by atoms with Crippen LogP contribution in [0.15, 0.2) is 22.7 Å². The van der Waals surface area contributed by atoms with E-state index in [1.165, 1.54) is 19.3 Å². The van der Waals surface area contributed by atoms with E-state index in [1.807, 2.05) is 0 Å². The number of nitrogens with one attached hydrogen (secondary N) is 1. The van der Waals surface area contributed by atoms with E-state index < -0.39 is 0 Å². The molecule has 0 unspecified atom stereocenters. The van der Waals surface area contributed by atoms with Crippen molar-refractivity contribution in [2.75, 3.05) is 5.32 Å². The summed E-state index contributed by atoms with van der Waals surface area (Å²) in [5.41, 5.74) is 1.31. The Morgan fingerprint density at radius 3 is 2.82 bits per heavy atom. The van der Waals surface area contributed by atoms with Gasteiger partial charge in [0, 0.05) is 10.9 Å². The van der Waals surface area contributed by atoms with Gasteiger partial charge in [-0.25, -0.2) is 0 Å². The maximum atomic E-state index is 11.7. The molecule has 0 atom stereocenters. The highest BCUT2D eigenvalue weighted by molar-refractivity contribution is 9.10. The molecule has 0 aliphatic heterocycles. The molecule has 1 N–H and O–H groups in total. The Bertz CT molecular complexity index is 475. The van der Waals surface area contributed by atoms with Gasteiger partial charge in [-0.15, -0.1) is 0 Å². The van der Waals surface area contributed by atoms with Crippen molar-refractivity contribution in [2.24, 2.45) is 5.92 Å². The summed E-state index contributed by atoms with van der Waals surface area (Å²) in [6, 6.07) is 7.21. The summed E-state index contributed by atoms with van der Waals surface area (Å²) in [5.74, 6) is 0.618. The highest BCUT2D eigenvalue weighted by Crippen LogP contribution is 2.30. The van der Waals surface area contributed by atoms with Crippen molar-refractivity contribution in [3.8, 4) is 6.07 Å². The largest absolute Gasteiger partial charge is 0.325 e. The lowest BCUT2D eigenvalue weighted by atomic mass is 9.83. The molecule has 3 nitrogen and oxygen atoms in total. The first-order chi connectivity index (χ1) is 8.19. The molecule has 0 heterocycles. The van der Waals surface area contributed by atoms with E-state index in [1.54, 1.807) is 18.2 Å². The monoisotopic (exact) mass is 292 g/mol. The Labute approximate surface area is 109 Å². The highest BCUT2D eigenvalue weighted by atomic mass is 79.9. The molecular weight excluding hydrogens is 280 g/mol. The third-order valence-corrected chi connectivity index (χ3v) is 3.73. The van der Waals surface area contributed by atoms with Crippen LogP contribution in [0.1, 0.15) is 31.2 Å². The van der Waals surface area contributed by atoms with Gasteiger partial charge >= 0.3 is 0 Å². The lowest BCUT2D eigenvalue weighted by Crippen LogP contribution is -2.21. The second-order valence-electron chi connectivity index (χ2n) is 4.36. The van der Waals surface area contributed by atoms with Gasteiger partial charge in [0.05, 0.1) is 17.3 Å². The van der Waals surface area contributed by atoms with Gasteiger partial charge in [-0.1, -0.05) is 6.42 Å². The van der Waals surface area contributed by atoms with Crippen molar-refractivity contribution in [3.05, 3.63) is 28.2 Å². The Morgan fingerprint density at radius 1 is 1.53 bits per heavy atom. The number of anilines is 1. The molecule has 1 fully saturated rings. The zero-order valence-corrected chi connectivity index (χ0v) is 11.0. The van der Waals surface area contributed by atoms with E-state index >= 15 is 0 Å². The average Bonchev–Trinajstić information content (AvgIpc) is 2.26. The van der Waals surface area contributed by atoms with E-state index in [0.29, 0.717) is 17.9 Å². The van der Waals surface area contributed by atoms with Crippen molar-refractivity contribution in [2.45, 2.75) is 25.7 Å². The van der Waals surface area contributed by atoms with Gasteiger partial charge in [0.15, 0.2) is 0 Å².